The summed E-state index contributed by atoms with van der Waals surface area (Å²) in [5.74, 6) is 0.719. The van der Waals surface area contributed by atoms with E-state index in [0.717, 1.165) is 5.56 Å². The molecule has 1 aromatic heterocycles. The Hall–Kier alpha value is -2.51. The zero-order valence-electron chi connectivity index (χ0n) is 12.6. The van der Waals surface area contributed by atoms with Gasteiger partial charge in [-0.15, -0.1) is 0 Å². The van der Waals surface area contributed by atoms with Crippen LogP contribution in [0.1, 0.15) is 0 Å². The van der Waals surface area contributed by atoms with Crippen LogP contribution in [0.25, 0.3) is 11.1 Å². The molecule has 24 heavy (non-hydrogen) atoms. The maximum Gasteiger partial charge on any atom is 0.264 e. The van der Waals surface area contributed by atoms with Gasteiger partial charge in [0.05, 0.1) is 23.8 Å². The Morgan fingerprint density at radius 1 is 1.17 bits per heavy atom. The Balaban J connectivity index is 1.93. The number of nitrogens with one attached hydrogen (secondary N) is 1. The van der Waals surface area contributed by atoms with Crippen molar-refractivity contribution < 1.29 is 17.7 Å². The van der Waals surface area contributed by atoms with Crippen molar-refractivity contribution in [2.45, 2.75) is 4.90 Å². The molecule has 0 aliphatic carbocycles. The predicted molar refractivity (Wildman–Crippen MR) is 90.8 cm³/mol. The average Bonchev–Trinajstić information content (AvgIpc) is 3.02. The normalized spacial score (nSPS) is 11.2. The van der Waals surface area contributed by atoms with Gasteiger partial charge in [0.1, 0.15) is 5.75 Å². The third-order valence-electron chi connectivity index (χ3n) is 3.30. The second-order valence-electron chi connectivity index (χ2n) is 4.86. The number of benzene rings is 2. The van der Waals surface area contributed by atoms with E-state index in [4.69, 9.17) is 20.9 Å². The van der Waals surface area contributed by atoms with E-state index in [1.165, 1.54) is 18.3 Å². The van der Waals surface area contributed by atoms with Gasteiger partial charge in [-0.3, -0.25) is 0 Å². The molecule has 124 valence electrons. The number of methoxy groups -OCH3 is 1. The number of aromatic nitrogens is 1. The van der Waals surface area contributed by atoms with Crippen LogP contribution in [-0.4, -0.2) is 20.7 Å². The molecule has 8 heteroatoms. The van der Waals surface area contributed by atoms with Gasteiger partial charge in [-0.05, 0) is 35.9 Å². The average molecular weight is 365 g/mol. The number of anilines is 1. The molecule has 0 bridgehead atoms. The quantitative estimate of drug-likeness (QED) is 0.744. The molecule has 1 N–H and O–H groups in total. The number of halogens is 1. The summed E-state index contributed by atoms with van der Waals surface area (Å²) in [4.78, 5) is 0.0343. The minimum atomic E-state index is -3.84. The van der Waals surface area contributed by atoms with E-state index in [2.05, 4.69) is 9.88 Å². The molecular weight excluding hydrogens is 352 g/mol. The van der Waals surface area contributed by atoms with E-state index in [1.807, 2.05) is 0 Å². The molecular formula is C16H13ClN2O4S. The van der Waals surface area contributed by atoms with E-state index < -0.39 is 10.0 Å². The Labute approximate surface area is 144 Å². The Morgan fingerprint density at radius 2 is 1.92 bits per heavy atom. The smallest absolute Gasteiger partial charge is 0.264 e. The predicted octanol–water partition coefficient (Wildman–Crippen LogP) is 3.80. The first kappa shape index (κ1) is 16.4. The van der Waals surface area contributed by atoms with Gasteiger partial charge in [0.2, 0.25) is 5.88 Å². The topological polar surface area (TPSA) is 81.4 Å². The summed E-state index contributed by atoms with van der Waals surface area (Å²) < 4.78 is 37.5. The van der Waals surface area contributed by atoms with E-state index >= 15 is 0 Å². The van der Waals surface area contributed by atoms with Crippen molar-refractivity contribution in [2.24, 2.45) is 0 Å². The van der Waals surface area contributed by atoms with Gasteiger partial charge < -0.3 is 9.26 Å². The molecule has 3 rings (SSSR count). The van der Waals surface area contributed by atoms with Crippen LogP contribution < -0.4 is 9.46 Å². The van der Waals surface area contributed by atoms with Crippen LogP contribution in [-0.2, 0) is 10.0 Å². The molecule has 0 fully saturated rings. The highest BCUT2D eigenvalue weighted by atomic mass is 35.5. The van der Waals surface area contributed by atoms with Gasteiger partial charge in [0, 0.05) is 5.02 Å². The number of nitrogens with zero attached hydrogens (tertiary/aromatic N) is 1. The molecule has 0 unspecified atom stereocenters. The molecule has 0 spiro atoms. The lowest BCUT2D eigenvalue weighted by atomic mass is 10.1. The first-order valence-corrected chi connectivity index (χ1v) is 8.73. The third kappa shape index (κ3) is 3.37. The van der Waals surface area contributed by atoms with Crippen LogP contribution in [0.3, 0.4) is 0 Å². The monoisotopic (exact) mass is 364 g/mol. The second kappa shape index (κ2) is 6.54. The molecule has 0 atom stereocenters. The van der Waals surface area contributed by atoms with Crippen molar-refractivity contribution in [3.63, 3.8) is 0 Å². The first-order valence-electron chi connectivity index (χ1n) is 6.87. The minimum absolute atomic E-state index is 0.0279. The van der Waals surface area contributed by atoms with Crippen LogP contribution in [0.4, 0.5) is 5.88 Å². The Bertz CT molecular complexity index is 952. The summed E-state index contributed by atoms with van der Waals surface area (Å²) in [6.45, 7) is 0. The number of sulfonamides is 1. The van der Waals surface area contributed by atoms with E-state index in [0.29, 0.717) is 16.3 Å². The SMILES string of the molecule is COc1ccc(-c2cnoc2NS(=O)(=O)c2cccc(Cl)c2)cc1. The fraction of sp³-hybridized carbons (Fsp3) is 0.0625. The number of ether oxygens (including phenoxy) is 1. The Kier molecular flexibility index (Phi) is 4.46. The van der Waals surface area contributed by atoms with Crippen LogP contribution >= 0.6 is 11.6 Å². The second-order valence-corrected chi connectivity index (χ2v) is 6.98. The van der Waals surface area contributed by atoms with Gasteiger partial charge in [0.15, 0.2) is 0 Å². The lowest BCUT2D eigenvalue weighted by Gasteiger charge is -2.07. The van der Waals surface area contributed by atoms with Crippen molar-refractivity contribution in [3.05, 3.63) is 59.8 Å². The van der Waals surface area contributed by atoms with Crippen LogP contribution in [0.2, 0.25) is 5.02 Å². The summed E-state index contributed by atoms with van der Waals surface area (Å²) >= 11 is 5.85. The molecule has 0 saturated heterocycles. The van der Waals surface area contributed by atoms with Gasteiger partial charge in [-0.2, -0.15) is 0 Å². The first-order chi connectivity index (χ1) is 11.5. The number of hydrogen-bond donors (Lipinski definition) is 1. The molecule has 0 aliphatic rings. The molecule has 6 nitrogen and oxygen atoms in total. The summed E-state index contributed by atoms with van der Waals surface area (Å²) in [6, 6.07) is 13.0. The fourth-order valence-electron chi connectivity index (χ4n) is 2.10. The van der Waals surface area contributed by atoms with Crippen molar-refractivity contribution in [1.82, 2.24) is 5.16 Å². The standard InChI is InChI=1S/C16H13ClN2O4S/c1-22-13-7-5-11(6-8-13)15-10-18-23-16(15)19-24(20,21)14-4-2-3-12(17)9-14/h2-10,19H,1H3. The molecule has 1 heterocycles. The van der Waals surface area contributed by atoms with E-state index in [-0.39, 0.29) is 10.8 Å². The van der Waals surface area contributed by atoms with Gasteiger partial charge in [-0.1, -0.05) is 35.0 Å². The number of hydrogen-bond acceptors (Lipinski definition) is 5. The maximum absolute atomic E-state index is 12.5. The van der Waals surface area contributed by atoms with Gasteiger partial charge in [-0.25, -0.2) is 13.1 Å². The van der Waals surface area contributed by atoms with Crippen molar-refractivity contribution in [3.8, 4) is 16.9 Å². The molecule has 0 saturated carbocycles. The lowest BCUT2D eigenvalue weighted by molar-refractivity contribution is 0.415. The molecule has 0 aliphatic heterocycles. The van der Waals surface area contributed by atoms with Crippen LogP contribution in [0, 0.1) is 0 Å². The molecule has 0 amide bonds. The van der Waals surface area contributed by atoms with Gasteiger partial charge >= 0.3 is 0 Å². The Morgan fingerprint density at radius 3 is 2.58 bits per heavy atom. The maximum atomic E-state index is 12.5. The van der Waals surface area contributed by atoms with E-state index in [9.17, 15) is 8.42 Å². The number of rotatable bonds is 5. The highest BCUT2D eigenvalue weighted by molar-refractivity contribution is 7.92. The summed E-state index contributed by atoms with van der Waals surface area (Å²) in [6.07, 6.45) is 1.44. The highest BCUT2D eigenvalue weighted by Gasteiger charge is 2.20. The molecule has 3 aromatic rings. The van der Waals surface area contributed by atoms with Crippen LogP contribution in [0.5, 0.6) is 5.75 Å². The summed E-state index contributed by atoms with van der Waals surface area (Å²) in [7, 11) is -2.27. The third-order valence-corrected chi connectivity index (χ3v) is 4.87. The highest BCUT2D eigenvalue weighted by Crippen LogP contribution is 2.31. The van der Waals surface area contributed by atoms with E-state index in [1.54, 1.807) is 43.5 Å². The molecule has 2 aromatic carbocycles. The minimum Gasteiger partial charge on any atom is -0.497 e. The van der Waals surface area contributed by atoms with Crippen molar-refractivity contribution >= 4 is 27.5 Å². The summed E-state index contributed by atoms with van der Waals surface area (Å²) in [5, 5.41) is 4.00. The largest absolute Gasteiger partial charge is 0.497 e. The van der Waals surface area contributed by atoms with Crippen molar-refractivity contribution in [1.29, 1.82) is 0 Å². The lowest BCUT2D eigenvalue weighted by Crippen LogP contribution is -2.12. The van der Waals surface area contributed by atoms with Gasteiger partial charge in [0.25, 0.3) is 10.0 Å². The zero-order valence-corrected chi connectivity index (χ0v) is 14.1. The zero-order chi connectivity index (χ0) is 17.2. The fourth-order valence-corrected chi connectivity index (χ4v) is 3.41. The molecule has 0 radical (unpaired) electrons. The summed E-state index contributed by atoms with van der Waals surface area (Å²) in [5.41, 5.74) is 1.25. The van der Waals surface area contributed by atoms with Crippen LogP contribution in [0.15, 0.2) is 64.1 Å². The van der Waals surface area contributed by atoms with Crippen molar-refractivity contribution in [2.75, 3.05) is 11.8 Å².